The van der Waals surface area contributed by atoms with Crippen LogP contribution in [0.15, 0.2) is 24.3 Å². The molecule has 0 amide bonds. The number of alkyl halides is 6. The van der Waals surface area contributed by atoms with Gasteiger partial charge in [-0.1, -0.05) is 12.1 Å². The minimum Gasteiger partial charge on any atom is -0.428 e. The van der Waals surface area contributed by atoms with Crippen LogP contribution in [-0.4, -0.2) is 50.0 Å². The van der Waals surface area contributed by atoms with Gasteiger partial charge in [-0.2, -0.15) is 17.6 Å². The summed E-state index contributed by atoms with van der Waals surface area (Å²) >= 11 is 0. The molecule has 0 aliphatic carbocycles. The van der Waals surface area contributed by atoms with Crippen molar-refractivity contribution < 1.29 is 31.1 Å². The Kier molecular flexibility index (Phi) is 6.34. The molecule has 1 saturated heterocycles. The van der Waals surface area contributed by atoms with Crippen molar-refractivity contribution in [2.75, 3.05) is 26.2 Å². The first-order chi connectivity index (χ1) is 11.3. The van der Waals surface area contributed by atoms with E-state index >= 15 is 0 Å². The van der Waals surface area contributed by atoms with E-state index in [2.05, 4.69) is 10.1 Å². The predicted molar refractivity (Wildman–Crippen MR) is 75.8 cm³/mol. The molecule has 1 aromatic carbocycles. The fourth-order valence-electron chi connectivity index (χ4n) is 2.62. The van der Waals surface area contributed by atoms with Gasteiger partial charge in [-0.05, 0) is 17.7 Å². The van der Waals surface area contributed by atoms with Crippen LogP contribution in [0.4, 0.5) is 26.3 Å². The topological polar surface area (TPSA) is 24.5 Å². The molecule has 1 aliphatic rings. The van der Waals surface area contributed by atoms with E-state index in [1.165, 1.54) is 12.1 Å². The molecular weight excluding hydrogens is 338 g/mol. The van der Waals surface area contributed by atoms with E-state index in [-0.39, 0.29) is 0 Å². The van der Waals surface area contributed by atoms with Crippen molar-refractivity contribution in [3.8, 4) is 5.75 Å². The Morgan fingerprint density at radius 3 is 2.12 bits per heavy atom. The highest BCUT2D eigenvalue weighted by Crippen LogP contribution is 2.31. The lowest BCUT2D eigenvalue weighted by Gasteiger charge is -2.35. The number of benzene rings is 1. The second kappa shape index (κ2) is 8.06. The highest BCUT2D eigenvalue weighted by molar-refractivity contribution is 5.29. The predicted octanol–water partition coefficient (Wildman–Crippen LogP) is 3.52. The molecular formula is C15H18F6N2O. The van der Waals surface area contributed by atoms with Gasteiger partial charge in [-0.15, -0.1) is 0 Å². The van der Waals surface area contributed by atoms with Crippen LogP contribution >= 0.6 is 0 Å². The SMILES string of the molecule is FC(F)C[C@@H](c1ccc(OC(F)(F)C(F)F)cc1)N1CCNCC1. The number of nitrogens with one attached hydrogen (secondary N) is 1. The Morgan fingerprint density at radius 1 is 1.04 bits per heavy atom. The number of halogens is 6. The average Bonchev–Trinajstić information content (AvgIpc) is 2.54. The van der Waals surface area contributed by atoms with Crippen LogP contribution in [-0.2, 0) is 0 Å². The molecule has 1 atom stereocenters. The quantitative estimate of drug-likeness (QED) is 0.757. The van der Waals surface area contributed by atoms with Crippen molar-refractivity contribution in [1.82, 2.24) is 10.2 Å². The first kappa shape index (κ1) is 18.9. The third-order valence-corrected chi connectivity index (χ3v) is 3.77. The lowest BCUT2D eigenvalue weighted by atomic mass is 10.0. The Hall–Kier alpha value is -1.48. The van der Waals surface area contributed by atoms with E-state index in [1.54, 1.807) is 0 Å². The van der Waals surface area contributed by atoms with Gasteiger partial charge in [0.15, 0.2) is 0 Å². The number of rotatable bonds is 7. The van der Waals surface area contributed by atoms with Gasteiger partial charge in [-0.3, -0.25) is 4.90 Å². The van der Waals surface area contributed by atoms with Gasteiger partial charge in [0.25, 0.3) is 0 Å². The summed E-state index contributed by atoms with van der Waals surface area (Å²) in [6, 6.07) is 4.31. The van der Waals surface area contributed by atoms with Gasteiger partial charge in [0.1, 0.15) is 5.75 Å². The Morgan fingerprint density at radius 2 is 1.62 bits per heavy atom. The van der Waals surface area contributed by atoms with E-state index < -0.39 is 37.2 Å². The van der Waals surface area contributed by atoms with E-state index in [4.69, 9.17) is 0 Å². The molecule has 1 aliphatic heterocycles. The summed E-state index contributed by atoms with van der Waals surface area (Å²) < 4.78 is 79.7. The van der Waals surface area contributed by atoms with Crippen molar-refractivity contribution in [3.63, 3.8) is 0 Å². The van der Waals surface area contributed by atoms with Crippen LogP contribution in [0.5, 0.6) is 5.75 Å². The van der Waals surface area contributed by atoms with Gasteiger partial charge >= 0.3 is 12.5 Å². The second-order valence-electron chi connectivity index (χ2n) is 5.46. The van der Waals surface area contributed by atoms with E-state index in [1.807, 2.05) is 4.90 Å². The highest BCUT2D eigenvalue weighted by atomic mass is 19.3. The molecule has 0 unspecified atom stereocenters. The summed E-state index contributed by atoms with van der Waals surface area (Å²) in [6.45, 7) is 2.50. The molecule has 2 rings (SSSR count). The molecule has 0 bridgehead atoms. The van der Waals surface area contributed by atoms with Crippen molar-refractivity contribution >= 4 is 0 Å². The smallest absolute Gasteiger partial charge is 0.428 e. The largest absolute Gasteiger partial charge is 0.461 e. The van der Waals surface area contributed by atoms with Gasteiger partial charge in [0, 0.05) is 38.6 Å². The van der Waals surface area contributed by atoms with Crippen LogP contribution in [0.1, 0.15) is 18.0 Å². The number of hydrogen-bond donors (Lipinski definition) is 1. The molecule has 0 spiro atoms. The summed E-state index contributed by atoms with van der Waals surface area (Å²) in [5, 5.41) is 3.12. The first-order valence-corrected chi connectivity index (χ1v) is 7.47. The van der Waals surface area contributed by atoms with Crippen LogP contribution in [0.3, 0.4) is 0 Å². The fourth-order valence-corrected chi connectivity index (χ4v) is 2.62. The van der Waals surface area contributed by atoms with Gasteiger partial charge < -0.3 is 10.1 Å². The number of hydrogen-bond acceptors (Lipinski definition) is 3. The lowest BCUT2D eigenvalue weighted by Crippen LogP contribution is -2.45. The van der Waals surface area contributed by atoms with Crippen LogP contribution in [0, 0.1) is 0 Å². The second-order valence-corrected chi connectivity index (χ2v) is 5.46. The summed E-state index contributed by atoms with van der Waals surface area (Å²) in [4.78, 5) is 1.88. The van der Waals surface area contributed by atoms with Crippen molar-refractivity contribution in [2.24, 2.45) is 0 Å². The monoisotopic (exact) mass is 356 g/mol. The van der Waals surface area contributed by atoms with Crippen LogP contribution < -0.4 is 10.1 Å². The zero-order valence-electron chi connectivity index (χ0n) is 12.7. The maximum absolute atomic E-state index is 12.9. The Labute approximate surface area is 135 Å². The third kappa shape index (κ3) is 5.01. The van der Waals surface area contributed by atoms with Crippen LogP contribution in [0.25, 0.3) is 0 Å². The molecule has 136 valence electrons. The maximum Gasteiger partial charge on any atom is 0.461 e. The molecule has 1 aromatic rings. The van der Waals surface area contributed by atoms with E-state index in [0.717, 1.165) is 12.1 Å². The average molecular weight is 356 g/mol. The molecule has 0 radical (unpaired) electrons. The summed E-state index contributed by atoms with van der Waals surface area (Å²) in [6.07, 6.45) is -11.5. The number of ether oxygens (including phenoxy) is 1. The summed E-state index contributed by atoms with van der Waals surface area (Å²) in [5.41, 5.74) is 0.505. The first-order valence-electron chi connectivity index (χ1n) is 7.47. The van der Waals surface area contributed by atoms with Crippen molar-refractivity contribution in [3.05, 3.63) is 29.8 Å². The third-order valence-electron chi connectivity index (χ3n) is 3.77. The standard InChI is InChI=1S/C15H18F6N2O/c16-13(17)9-12(23-7-5-22-6-8-23)10-1-3-11(4-2-10)24-15(20,21)14(18)19/h1-4,12-14,22H,5-9H2/t12-/m0/s1. The van der Waals surface area contributed by atoms with E-state index in [0.29, 0.717) is 31.7 Å². The summed E-state index contributed by atoms with van der Waals surface area (Å²) in [5.74, 6) is -0.444. The van der Waals surface area contributed by atoms with Gasteiger partial charge in [0.05, 0.1) is 0 Å². The molecule has 0 aromatic heterocycles. The minimum atomic E-state index is -4.59. The Balaban J connectivity index is 2.12. The molecule has 1 N–H and O–H groups in total. The zero-order chi connectivity index (χ0) is 17.7. The molecule has 9 heteroatoms. The molecule has 1 fully saturated rings. The van der Waals surface area contributed by atoms with E-state index in [9.17, 15) is 26.3 Å². The minimum absolute atomic E-state index is 0.395. The lowest BCUT2D eigenvalue weighted by molar-refractivity contribution is -0.253. The Bertz CT molecular complexity index is 505. The highest BCUT2D eigenvalue weighted by Gasteiger charge is 2.44. The zero-order valence-corrected chi connectivity index (χ0v) is 12.7. The number of nitrogens with zero attached hydrogens (tertiary/aromatic N) is 1. The molecule has 1 heterocycles. The molecule has 24 heavy (non-hydrogen) atoms. The summed E-state index contributed by atoms with van der Waals surface area (Å²) in [7, 11) is 0. The van der Waals surface area contributed by atoms with Gasteiger partial charge in [-0.25, -0.2) is 8.78 Å². The maximum atomic E-state index is 12.9. The van der Waals surface area contributed by atoms with Gasteiger partial charge in [0.2, 0.25) is 6.43 Å². The normalized spacial score (nSPS) is 18.2. The molecule has 3 nitrogen and oxygen atoms in total. The van der Waals surface area contributed by atoms with Crippen LogP contribution in [0.2, 0.25) is 0 Å². The number of piperazine rings is 1. The van der Waals surface area contributed by atoms with Crippen molar-refractivity contribution in [1.29, 1.82) is 0 Å². The molecule has 0 saturated carbocycles. The van der Waals surface area contributed by atoms with Crippen molar-refractivity contribution in [2.45, 2.75) is 31.4 Å². The fraction of sp³-hybridized carbons (Fsp3) is 0.600.